The number of likely N-dealkylation sites (tertiary alicyclic amines) is 1. The maximum Gasteiger partial charge on any atom is 0.325 e. The maximum atomic E-state index is 13.6. The quantitative estimate of drug-likeness (QED) is 0.840. The summed E-state index contributed by atoms with van der Waals surface area (Å²) in [6.45, 7) is 1.48. The molecular weight excluding hydrogens is 295 g/mol. The molecule has 0 amide bonds. The predicted octanol–water partition coefficient (Wildman–Crippen LogP) is 3.22. The van der Waals surface area contributed by atoms with Crippen LogP contribution >= 0.6 is 12.4 Å². The van der Waals surface area contributed by atoms with E-state index in [1.165, 1.54) is 18.6 Å². The van der Waals surface area contributed by atoms with Crippen molar-refractivity contribution in [2.75, 3.05) is 18.8 Å². The highest BCUT2D eigenvalue weighted by Crippen LogP contribution is 2.26. The second-order valence-electron chi connectivity index (χ2n) is 5.33. The number of carbonyl (C=O) groups is 1. The average Bonchev–Trinajstić information content (AvgIpc) is 2.36. The van der Waals surface area contributed by atoms with E-state index < -0.39 is 17.8 Å². The lowest BCUT2D eigenvalue weighted by Gasteiger charge is -2.30. The van der Waals surface area contributed by atoms with Crippen molar-refractivity contribution in [1.29, 1.82) is 0 Å². The highest BCUT2D eigenvalue weighted by atomic mass is 35.5. The van der Waals surface area contributed by atoms with Gasteiger partial charge in [-0.05, 0) is 43.6 Å². The van der Waals surface area contributed by atoms with Crippen molar-refractivity contribution in [3.05, 3.63) is 29.6 Å². The highest BCUT2D eigenvalue weighted by molar-refractivity contribution is 5.85. The summed E-state index contributed by atoms with van der Waals surface area (Å²) in [7, 11) is 0. The van der Waals surface area contributed by atoms with Gasteiger partial charge < -0.3 is 10.8 Å². The minimum absolute atomic E-state index is 0. The molecule has 21 heavy (non-hydrogen) atoms. The second kappa shape index (κ2) is 8.20. The Kier molecular flexibility index (Phi) is 6.92. The summed E-state index contributed by atoms with van der Waals surface area (Å²) in [4.78, 5) is 13.5. The van der Waals surface area contributed by atoms with Crippen molar-refractivity contribution < 1.29 is 14.3 Å². The summed E-state index contributed by atoms with van der Waals surface area (Å²) in [5, 5.41) is 9.51. The normalized spacial score (nSPS) is 18.1. The van der Waals surface area contributed by atoms with Crippen LogP contribution in [0.4, 0.5) is 10.1 Å². The van der Waals surface area contributed by atoms with Crippen LogP contribution in [0.5, 0.6) is 0 Å². The van der Waals surface area contributed by atoms with Gasteiger partial charge in [-0.2, -0.15) is 0 Å². The van der Waals surface area contributed by atoms with Crippen LogP contribution in [0.3, 0.4) is 0 Å². The second-order valence-corrected chi connectivity index (χ2v) is 5.33. The molecule has 1 aromatic rings. The van der Waals surface area contributed by atoms with Crippen LogP contribution in [0.2, 0.25) is 0 Å². The number of anilines is 1. The zero-order valence-electron chi connectivity index (χ0n) is 11.9. The topological polar surface area (TPSA) is 66.6 Å². The fourth-order valence-corrected chi connectivity index (χ4v) is 2.75. The number of nitrogens with zero attached hydrogens (tertiary/aromatic N) is 1. The van der Waals surface area contributed by atoms with E-state index in [1.54, 1.807) is 6.07 Å². The molecule has 1 unspecified atom stereocenters. The van der Waals surface area contributed by atoms with Gasteiger partial charge in [-0.15, -0.1) is 12.4 Å². The van der Waals surface area contributed by atoms with Crippen LogP contribution in [0.1, 0.15) is 43.7 Å². The van der Waals surface area contributed by atoms with Gasteiger partial charge in [0.05, 0.1) is 5.69 Å². The van der Waals surface area contributed by atoms with E-state index in [2.05, 4.69) is 0 Å². The molecule has 0 saturated carbocycles. The predicted molar refractivity (Wildman–Crippen MR) is 83.1 cm³/mol. The molecule has 1 aromatic carbocycles. The molecular formula is C15H22ClFN2O2. The average molecular weight is 317 g/mol. The SMILES string of the molecule is Cl.Nc1ccc(C(C(=O)O)N2CCCCCCC2)cc1F. The van der Waals surface area contributed by atoms with E-state index in [4.69, 9.17) is 5.73 Å². The monoisotopic (exact) mass is 316 g/mol. The summed E-state index contributed by atoms with van der Waals surface area (Å²) in [5.74, 6) is -1.49. The van der Waals surface area contributed by atoms with Gasteiger partial charge in [-0.25, -0.2) is 4.39 Å². The van der Waals surface area contributed by atoms with Crippen molar-refractivity contribution in [2.45, 2.75) is 38.1 Å². The van der Waals surface area contributed by atoms with E-state index in [0.29, 0.717) is 5.56 Å². The minimum atomic E-state index is -0.935. The number of nitrogens with two attached hydrogens (primary N) is 1. The van der Waals surface area contributed by atoms with Gasteiger partial charge in [0.25, 0.3) is 0 Å². The number of carboxylic acid groups (broad SMARTS) is 1. The number of carboxylic acids is 1. The molecule has 1 fully saturated rings. The van der Waals surface area contributed by atoms with Crippen molar-refractivity contribution >= 4 is 24.1 Å². The van der Waals surface area contributed by atoms with Crippen molar-refractivity contribution in [2.24, 2.45) is 0 Å². The van der Waals surface area contributed by atoms with Crippen LogP contribution in [0.15, 0.2) is 18.2 Å². The van der Waals surface area contributed by atoms with E-state index >= 15 is 0 Å². The molecule has 1 aliphatic heterocycles. The van der Waals surface area contributed by atoms with Gasteiger partial charge in [-0.1, -0.05) is 25.3 Å². The molecule has 2 rings (SSSR count). The van der Waals surface area contributed by atoms with E-state index in [9.17, 15) is 14.3 Å². The fourth-order valence-electron chi connectivity index (χ4n) is 2.75. The molecule has 0 aromatic heterocycles. The van der Waals surface area contributed by atoms with Crippen molar-refractivity contribution in [1.82, 2.24) is 4.90 Å². The Labute approximate surface area is 130 Å². The standard InChI is InChI=1S/C15H21FN2O2.ClH/c16-12-10-11(6-7-13(12)17)14(15(19)20)18-8-4-2-1-3-5-9-18;/h6-7,10,14H,1-5,8-9,17H2,(H,19,20);1H. The number of nitrogen functional groups attached to an aromatic ring is 1. The van der Waals surface area contributed by atoms with E-state index in [1.807, 2.05) is 4.90 Å². The molecule has 3 N–H and O–H groups in total. The molecule has 1 heterocycles. The first-order valence-electron chi connectivity index (χ1n) is 7.11. The van der Waals surface area contributed by atoms with Gasteiger partial charge in [0.1, 0.15) is 11.9 Å². The number of aliphatic carboxylic acids is 1. The lowest BCUT2D eigenvalue weighted by atomic mass is 10.0. The Hall–Kier alpha value is -1.33. The van der Waals surface area contributed by atoms with Crippen LogP contribution < -0.4 is 5.73 Å². The number of benzene rings is 1. The van der Waals surface area contributed by atoms with Gasteiger partial charge in [0.2, 0.25) is 0 Å². The molecule has 1 saturated heterocycles. The van der Waals surface area contributed by atoms with Crippen LogP contribution in [0, 0.1) is 5.82 Å². The Morgan fingerprint density at radius 3 is 2.29 bits per heavy atom. The zero-order valence-corrected chi connectivity index (χ0v) is 12.7. The molecule has 1 atom stereocenters. The van der Waals surface area contributed by atoms with Gasteiger partial charge in [0.15, 0.2) is 0 Å². The molecule has 0 aliphatic carbocycles. The Morgan fingerprint density at radius 1 is 1.19 bits per heavy atom. The lowest BCUT2D eigenvalue weighted by molar-refractivity contribution is -0.143. The van der Waals surface area contributed by atoms with E-state index in [0.717, 1.165) is 38.8 Å². The minimum Gasteiger partial charge on any atom is -0.480 e. The summed E-state index contributed by atoms with van der Waals surface area (Å²) < 4.78 is 13.6. The summed E-state index contributed by atoms with van der Waals surface area (Å²) in [6.07, 6.45) is 5.43. The molecule has 0 bridgehead atoms. The Balaban J connectivity index is 0.00000220. The lowest BCUT2D eigenvalue weighted by Crippen LogP contribution is -2.36. The third-order valence-corrected chi connectivity index (χ3v) is 3.83. The molecule has 0 radical (unpaired) electrons. The van der Waals surface area contributed by atoms with Crippen LogP contribution in [-0.2, 0) is 4.79 Å². The van der Waals surface area contributed by atoms with Crippen molar-refractivity contribution in [3.63, 3.8) is 0 Å². The number of hydrogen-bond acceptors (Lipinski definition) is 3. The molecule has 0 spiro atoms. The maximum absolute atomic E-state index is 13.6. The van der Waals surface area contributed by atoms with Crippen molar-refractivity contribution in [3.8, 4) is 0 Å². The van der Waals surface area contributed by atoms with Gasteiger partial charge in [-0.3, -0.25) is 9.69 Å². The fraction of sp³-hybridized carbons (Fsp3) is 0.533. The first-order valence-corrected chi connectivity index (χ1v) is 7.11. The first-order chi connectivity index (χ1) is 9.59. The van der Waals surface area contributed by atoms with Crippen LogP contribution in [-0.4, -0.2) is 29.1 Å². The third kappa shape index (κ3) is 4.58. The highest BCUT2D eigenvalue weighted by Gasteiger charge is 2.28. The molecule has 4 nitrogen and oxygen atoms in total. The van der Waals surface area contributed by atoms with Crippen LogP contribution in [0.25, 0.3) is 0 Å². The Bertz CT molecular complexity index is 477. The summed E-state index contributed by atoms with van der Waals surface area (Å²) in [6, 6.07) is 3.50. The summed E-state index contributed by atoms with van der Waals surface area (Å²) in [5.41, 5.74) is 5.96. The molecule has 118 valence electrons. The third-order valence-electron chi connectivity index (χ3n) is 3.83. The van der Waals surface area contributed by atoms with Gasteiger partial charge in [0, 0.05) is 0 Å². The van der Waals surface area contributed by atoms with Gasteiger partial charge >= 0.3 is 5.97 Å². The zero-order chi connectivity index (χ0) is 14.5. The number of halogens is 2. The Morgan fingerprint density at radius 2 is 1.76 bits per heavy atom. The number of rotatable bonds is 3. The largest absolute Gasteiger partial charge is 0.480 e. The summed E-state index contributed by atoms with van der Waals surface area (Å²) >= 11 is 0. The molecule has 6 heteroatoms. The van der Waals surface area contributed by atoms with E-state index in [-0.39, 0.29) is 18.1 Å². The smallest absolute Gasteiger partial charge is 0.325 e. The molecule has 1 aliphatic rings. The number of hydrogen-bond donors (Lipinski definition) is 2. The first kappa shape index (κ1) is 17.7.